The average molecular weight is 397 g/mol. The molecule has 0 heterocycles. The molecule has 0 aromatic heterocycles. The van der Waals surface area contributed by atoms with E-state index in [0.717, 1.165) is 61.5 Å². The first-order valence-corrected chi connectivity index (χ1v) is 10.4. The molecule has 0 radical (unpaired) electrons. The number of hydrogen-bond acceptors (Lipinski definition) is 3. The molecule has 1 atom stereocenters. The van der Waals surface area contributed by atoms with Crippen LogP contribution in [0.2, 0.25) is 5.02 Å². The molecular weight excluding hydrogens is 368 g/mol. The van der Waals surface area contributed by atoms with Gasteiger partial charge < -0.3 is 9.64 Å². The maximum atomic E-state index is 10.1. The molecule has 148 valence electrons. The quantitative estimate of drug-likeness (QED) is 0.533. The van der Waals surface area contributed by atoms with E-state index >= 15 is 0 Å². The van der Waals surface area contributed by atoms with Crippen molar-refractivity contribution in [3.8, 4) is 11.8 Å². The summed E-state index contributed by atoms with van der Waals surface area (Å²) in [7, 11) is 3.85. The first-order valence-electron chi connectivity index (χ1n) is 10.1. The molecule has 2 aromatic carbocycles. The monoisotopic (exact) mass is 396 g/mol. The normalized spacial score (nSPS) is 15.8. The van der Waals surface area contributed by atoms with E-state index in [0.29, 0.717) is 5.92 Å². The van der Waals surface area contributed by atoms with E-state index in [1.165, 1.54) is 5.56 Å². The maximum absolute atomic E-state index is 10.1. The van der Waals surface area contributed by atoms with Gasteiger partial charge in [-0.25, -0.2) is 0 Å². The minimum absolute atomic E-state index is 0.360. The fourth-order valence-corrected chi connectivity index (χ4v) is 4.10. The molecule has 1 fully saturated rings. The van der Waals surface area contributed by atoms with Crippen molar-refractivity contribution in [2.45, 2.75) is 37.5 Å². The van der Waals surface area contributed by atoms with E-state index in [1.54, 1.807) is 7.11 Å². The lowest BCUT2D eigenvalue weighted by Crippen LogP contribution is -2.29. The van der Waals surface area contributed by atoms with Gasteiger partial charge in [0.2, 0.25) is 0 Å². The Hall–Kier alpha value is -2.02. The van der Waals surface area contributed by atoms with Crippen molar-refractivity contribution in [1.82, 2.24) is 4.90 Å². The zero-order valence-corrected chi connectivity index (χ0v) is 17.6. The van der Waals surface area contributed by atoms with Crippen molar-refractivity contribution < 1.29 is 4.74 Å². The molecule has 2 aromatic rings. The minimum atomic E-state index is -0.360. The first kappa shape index (κ1) is 20.7. The summed E-state index contributed by atoms with van der Waals surface area (Å²) in [5, 5.41) is 10.8. The Morgan fingerprint density at radius 1 is 1.11 bits per heavy atom. The summed E-state index contributed by atoms with van der Waals surface area (Å²) in [5.41, 5.74) is 2.09. The van der Waals surface area contributed by atoms with Crippen LogP contribution in [0.25, 0.3) is 0 Å². The van der Waals surface area contributed by atoms with E-state index in [9.17, 15) is 5.26 Å². The van der Waals surface area contributed by atoms with Crippen molar-refractivity contribution in [3.05, 3.63) is 64.7 Å². The molecule has 0 amide bonds. The summed E-state index contributed by atoms with van der Waals surface area (Å²) >= 11 is 6.05. The summed E-state index contributed by atoms with van der Waals surface area (Å²) < 4.78 is 5.21. The Morgan fingerprint density at radius 3 is 2.36 bits per heavy atom. The summed E-state index contributed by atoms with van der Waals surface area (Å²) in [6, 6.07) is 18.9. The molecule has 0 spiro atoms. The second-order valence-electron chi connectivity index (χ2n) is 7.87. The van der Waals surface area contributed by atoms with Gasteiger partial charge in [-0.2, -0.15) is 5.26 Å². The van der Waals surface area contributed by atoms with Gasteiger partial charge in [0.25, 0.3) is 0 Å². The van der Waals surface area contributed by atoms with Crippen LogP contribution in [0.5, 0.6) is 5.75 Å². The highest BCUT2D eigenvalue weighted by molar-refractivity contribution is 6.30. The van der Waals surface area contributed by atoms with Gasteiger partial charge in [-0.1, -0.05) is 35.9 Å². The largest absolute Gasteiger partial charge is 0.497 e. The van der Waals surface area contributed by atoms with Crippen LogP contribution in [0, 0.1) is 17.2 Å². The SMILES string of the molecule is COc1ccc(CCN(C)CCCC(C#N)(c2ccc(Cl)cc2)C2CC2)cc1. The van der Waals surface area contributed by atoms with Gasteiger partial charge in [0.05, 0.1) is 18.6 Å². The van der Waals surface area contributed by atoms with E-state index in [1.807, 2.05) is 36.4 Å². The smallest absolute Gasteiger partial charge is 0.118 e. The van der Waals surface area contributed by atoms with Crippen LogP contribution in [0.1, 0.15) is 36.8 Å². The fourth-order valence-electron chi connectivity index (χ4n) is 3.97. The van der Waals surface area contributed by atoms with Crippen LogP contribution in [-0.4, -0.2) is 32.1 Å². The fraction of sp³-hybridized carbons (Fsp3) is 0.458. The number of benzene rings is 2. The number of likely N-dealkylation sites (N-methyl/N-ethyl adjacent to an activating group) is 1. The lowest BCUT2D eigenvalue weighted by atomic mass is 9.74. The molecule has 0 saturated heterocycles. The molecular formula is C24H29ClN2O. The van der Waals surface area contributed by atoms with Crippen LogP contribution in [0.4, 0.5) is 0 Å². The molecule has 4 heteroatoms. The average Bonchev–Trinajstić information content (AvgIpc) is 3.57. The Kier molecular flexibility index (Phi) is 6.99. The Bertz CT molecular complexity index is 793. The van der Waals surface area contributed by atoms with Gasteiger partial charge >= 0.3 is 0 Å². The second kappa shape index (κ2) is 9.45. The minimum Gasteiger partial charge on any atom is -0.497 e. The van der Waals surface area contributed by atoms with Crippen molar-refractivity contribution in [2.24, 2.45) is 5.92 Å². The van der Waals surface area contributed by atoms with E-state index in [2.05, 4.69) is 30.1 Å². The molecule has 3 nitrogen and oxygen atoms in total. The van der Waals surface area contributed by atoms with Crippen molar-refractivity contribution >= 4 is 11.6 Å². The summed E-state index contributed by atoms with van der Waals surface area (Å²) in [6.07, 6.45) is 5.26. The van der Waals surface area contributed by atoms with Crippen LogP contribution in [-0.2, 0) is 11.8 Å². The highest BCUT2D eigenvalue weighted by Crippen LogP contribution is 2.50. The molecule has 0 bridgehead atoms. The van der Waals surface area contributed by atoms with Gasteiger partial charge in [-0.3, -0.25) is 0 Å². The van der Waals surface area contributed by atoms with Crippen LogP contribution in [0.15, 0.2) is 48.5 Å². The molecule has 1 unspecified atom stereocenters. The van der Waals surface area contributed by atoms with Crippen molar-refractivity contribution in [3.63, 3.8) is 0 Å². The second-order valence-corrected chi connectivity index (χ2v) is 8.31. The van der Waals surface area contributed by atoms with E-state index in [-0.39, 0.29) is 5.41 Å². The molecule has 0 aliphatic heterocycles. The molecule has 3 rings (SSSR count). The first-order chi connectivity index (χ1) is 13.6. The molecule has 1 aliphatic rings. The lowest BCUT2D eigenvalue weighted by molar-refractivity contribution is 0.308. The zero-order chi connectivity index (χ0) is 20.0. The molecule has 1 saturated carbocycles. The number of nitrogens with zero attached hydrogens (tertiary/aromatic N) is 2. The molecule has 0 N–H and O–H groups in total. The van der Waals surface area contributed by atoms with Gasteiger partial charge in [0.1, 0.15) is 5.75 Å². The molecule has 28 heavy (non-hydrogen) atoms. The lowest BCUT2D eigenvalue weighted by Gasteiger charge is -2.28. The van der Waals surface area contributed by atoms with Gasteiger partial charge in [-0.15, -0.1) is 0 Å². The maximum Gasteiger partial charge on any atom is 0.118 e. The van der Waals surface area contributed by atoms with Crippen LogP contribution >= 0.6 is 11.6 Å². The van der Waals surface area contributed by atoms with Crippen molar-refractivity contribution in [1.29, 1.82) is 5.26 Å². The van der Waals surface area contributed by atoms with Gasteiger partial charge in [0, 0.05) is 11.6 Å². The van der Waals surface area contributed by atoms with Gasteiger partial charge in [-0.05, 0) is 87.0 Å². The topological polar surface area (TPSA) is 36.3 Å². The number of rotatable bonds is 10. The number of hydrogen-bond donors (Lipinski definition) is 0. The Balaban J connectivity index is 1.52. The van der Waals surface area contributed by atoms with E-state index in [4.69, 9.17) is 16.3 Å². The highest BCUT2D eigenvalue weighted by atomic mass is 35.5. The zero-order valence-electron chi connectivity index (χ0n) is 16.8. The summed E-state index contributed by atoms with van der Waals surface area (Å²) in [5.74, 6) is 1.38. The third-order valence-corrected chi connectivity index (χ3v) is 6.14. The standard InChI is InChI=1S/C24H29ClN2O/c1-27(17-14-19-4-12-23(28-2)13-5-19)16-3-15-24(18-26,20-6-7-20)21-8-10-22(25)11-9-21/h4-5,8-13,20H,3,6-7,14-17H2,1-2H3. The van der Waals surface area contributed by atoms with Gasteiger partial charge in [0.15, 0.2) is 0 Å². The van der Waals surface area contributed by atoms with Crippen LogP contribution < -0.4 is 4.74 Å². The number of ether oxygens (including phenoxy) is 1. The Labute approximate surface area is 173 Å². The number of nitriles is 1. The predicted molar refractivity (Wildman–Crippen MR) is 115 cm³/mol. The van der Waals surface area contributed by atoms with Crippen LogP contribution in [0.3, 0.4) is 0 Å². The third-order valence-electron chi connectivity index (χ3n) is 5.89. The summed E-state index contributed by atoms with van der Waals surface area (Å²) in [6.45, 7) is 2.01. The van der Waals surface area contributed by atoms with E-state index < -0.39 is 0 Å². The third kappa shape index (κ3) is 5.07. The predicted octanol–water partition coefficient (Wildman–Crippen LogP) is 5.47. The summed E-state index contributed by atoms with van der Waals surface area (Å²) in [4.78, 5) is 2.36. The number of methoxy groups -OCH3 is 1. The Morgan fingerprint density at radius 2 is 1.79 bits per heavy atom. The highest BCUT2D eigenvalue weighted by Gasteiger charge is 2.46. The number of halogens is 1. The van der Waals surface area contributed by atoms with Crippen molar-refractivity contribution in [2.75, 3.05) is 27.2 Å². The molecule has 1 aliphatic carbocycles.